The van der Waals surface area contributed by atoms with Gasteiger partial charge in [0, 0.05) is 28.5 Å². The number of hydrogen-bond acceptors (Lipinski definition) is 2. The zero-order valence-electron chi connectivity index (χ0n) is 13.4. The first-order chi connectivity index (χ1) is 11.1. The summed E-state index contributed by atoms with van der Waals surface area (Å²) in [6.07, 6.45) is 3.46. The number of amides is 1. The van der Waals surface area contributed by atoms with Crippen molar-refractivity contribution in [1.82, 2.24) is 5.32 Å². The number of benzene rings is 2. The molecule has 3 nitrogen and oxygen atoms in total. The quantitative estimate of drug-likeness (QED) is 0.778. The Balaban J connectivity index is 0.00000208. The molecule has 0 radical (unpaired) electrons. The molecule has 128 valence electrons. The number of carbonyl (C=O) groups is 1. The Hall–Kier alpha value is -1.36. The standard InChI is InChI=1S/C19H21BrN2O.ClH/c20-17-4-1-3-16(11-17)19(9-2-10-19)13-22-18(23)15-7-5-14(12-21)6-8-15;/h1,3-8,11H,2,9-10,12-13,21H2,(H,22,23);1H. The van der Waals surface area contributed by atoms with Crippen molar-refractivity contribution in [3.63, 3.8) is 0 Å². The predicted octanol–water partition coefficient (Wildman–Crippen LogP) is 4.18. The van der Waals surface area contributed by atoms with E-state index in [9.17, 15) is 4.79 Å². The molecular formula is C19H22BrClN2O. The zero-order chi connectivity index (χ0) is 16.3. The fourth-order valence-corrected chi connectivity index (χ4v) is 3.53. The summed E-state index contributed by atoms with van der Waals surface area (Å²) in [4.78, 5) is 12.4. The molecule has 0 spiro atoms. The highest BCUT2D eigenvalue weighted by Crippen LogP contribution is 2.43. The third-order valence-corrected chi connectivity index (χ3v) is 5.28. The highest BCUT2D eigenvalue weighted by Gasteiger charge is 2.38. The van der Waals surface area contributed by atoms with Gasteiger partial charge < -0.3 is 11.1 Å². The second kappa shape index (κ2) is 8.15. The number of nitrogens with two attached hydrogens (primary N) is 1. The Kier molecular flexibility index (Phi) is 6.44. The van der Waals surface area contributed by atoms with Gasteiger partial charge in [0.1, 0.15) is 0 Å². The van der Waals surface area contributed by atoms with Crippen LogP contribution in [0.1, 0.15) is 40.7 Å². The first-order valence-electron chi connectivity index (χ1n) is 7.96. The second-order valence-corrected chi connectivity index (χ2v) is 7.14. The summed E-state index contributed by atoms with van der Waals surface area (Å²) in [7, 11) is 0. The highest BCUT2D eigenvalue weighted by atomic mass is 79.9. The maximum atomic E-state index is 12.4. The number of hydrogen-bond donors (Lipinski definition) is 2. The van der Waals surface area contributed by atoms with Crippen molar-refractivity contribution in [2.45, 2.75) is 31.2 Å². The molecule has 2 aromatic rings. The van der Waals surface area contributed by atoms with Gasteiger partial charge in [-0.25, -0.2) is 0 Å². The number of rotatable bonds is 5. The van der Waals surface area contributed by atoms with E-state index in [2.05, 4.69) is 39.4 Å². The van der Waals surface area contributed by atoms with E-state index in [0.717, 1.165) is 22.9 Å². The van der Waals surface area contributed by atoms with Gasteiger partial charge in [-0.1, -0.05) is 46.6 Å². The lowest BCUT2D eigenvalue weighted by molar-refractivity contribution is 0.0928. The van der Waals surface area contributed by atoms with Crippen LogP contribution in [0.4, 0.5) is 0 Å². The minimum Gasteiger partial charge on any atom is -0.351 e. The third-order valence-electron chi connectivity index (χ3n) is 4.79. The molecule has 5 heteroatoms. The maximum Gasteiger partial charge on any atom is 0.251 e. The molecular weight excluding hydrogens is 388 g/mol. The van der Waals surface area contributed by atoms with Gasteiger partial charge in [-0.05, 0) is 48.2 Å². The Morgan fingerprint density at radius 2 is 1.88 bits per heavy atom. The lowest BCUT2D eigenvalue weighted by Crippen LogP contribution is -2.45. The van der Waals surface area contributed by atoms with Crippen LogP contribution in [-0.4, -0.2) is 12.5 Å². The molecule has 1 aliphatic rings. The van der Waals surface area contributed by atoms with E-state index >= 15 is 0 Å². The number of halogens is 2. The summed E-state index contributed by atoms with van der Waals surface area (Å²) in [5, 5.41) is 3.11. The summed E-state index contributed by atoms with van der Waals surface area (Å²) >= 11 is 3.54. The Morgan fingerprint density at radius 1 is 1.17 bits per heavy atom. The van der Waals surface area contributed by atoms with Crippen LogP contribution in [0.25, 0.3) is 0 Å². The van der Waals surface area contributed by atoms with Crippen molar-refractivity contribution in [3.8, 4) is 0 Å². The molecule has 0 saturated heterocycles. The molecule has 0 heterocycles. The monoisotopic (exact) mass is 408 g/mol. The van der Waals surface area contributed by atoms with Gasteiger partial charge in [0.2, 0.25) is 0 Å². The minimum absolute atomic E-state index is 0. The van der Waals surface area contributed by atoms with Crippen molar-refractivity contribution in [2.24, 2.45) is 5.73 Å². The number of carbonyl (C=O) groups excluding carboxylic acids is 1. The smallest absolute Gasteiger partial charge is 0.251 e. The lowest BCUT2D eigenvalue weighted by atomic mass is 9.64. The molecule has 1 amide bonds. The largest absolute Gasteiger partial charge is 0.351 e. The van der Waals surface area contributed by atoms with Crippen LogP contribution >= 0.6 is 28.3 Å². The Labute approximate surface area is 157 Å². The van der Waals surface area contributed by atoms with Gasteiger partial charge in [0.05, 0.1) is 0 Å². The zero-order valence-corrected chi connectivity index (χ0v) is 15.8. The van der Waals surface area contributed by atoms with E-state index in [4.69, 9.17) is 5.73 Å². The van der Waals surface area contributed by atoms with E-state index < -0.39 is 0 Å². The minimum atomic E-state index is -0.0187. The first kappa shape index (κ1) is 19.0. The second-order valence-electron chi connectivity index (χ2n) is 6.23. The fourth-order valence-electron chi connectivity index (χ4n) is 3.13. The lowest BCUT2D eigenvalue weighted by Gasteiger charge is -2.42. The first-order valence-corrected chi connectivity index (χ1v) is 8.75. The van der Waals surface area contributed by atoms with Crippen LogP contribution in [0.3, 0.4) is 0 Å². The average Bonchev–Trinajstić information content (AvgIpc) is 2.54. The van der Waals surface area contributed by atoms with Crippen LogP contribution in [-0.2, 0) is 12.0 Å². The molecule has 0 aromatic heterocycles. The van der Waals surface area contributed by atoms with Crippen molar-refractivity contribution in [3.05, 3.63) is 69.7 Å². The summed E-state index contributed by atoms with van der Waals surface area (Å²) < 4.78 is 1.09. The van der Waals surface area contributed by atoms with Crippen LogP contribution in [0.2, 0.25) is 0 Å². The average molecular weight is 410 g/mol. The Morgan fingerprint density at radius 3 is 2.42 bits per heavy atom. The molecule has 1 saturated carbocycles. The molecule has 1 aliphatic carbocycles. The van der Waals surface area contributed by atoms with Crippen LogP contribution in [0, 0.1) is 0 Å². The summed E-state index contributed by atoms with van der Waals surface area (Å²) in [6, 6.07) is 15.9. The molecule has 0 aliphatic heterocycles. The predicted molar refractivity (Wildman–Crippen MR) is 104 cm³/mol. The van der Waals surface area contributed by atoms with Gasteiger partial charge in [-0.3, -0.25) is 4.79 Å². The third kappa shape index (κ3) is 4.00. The molecule has 0 unspecified atom stereocenters. The number of nitrogens with one attached hydrogen (secondary N) is 1. The van der Waals surface area contributed by atoms with Gasteiger partial charge in [0.15, 0.2) is 0 Å². The van der Waals surface area contributed by atoms with Crippen LogP contribution in [0.15, 0.2) is 53.0 Å². The van der Waals surface area contributed by atoms with Crippen LogP contribution in [0.5, 0.6) is 0 Å². The van der Waals surface area contributed by atoms with Crippen molar-refractivity contribution < 1.29 is 4.79 Å². The molecule has 0 atom stereocenters. The van der Waals surface area contributed by atoms with E-state index in [0.29, 0.717) is 18.7 Å². The molecule has 3 rings (SSSR count). The summed E-state index contributed by atoms with van der Waals surface area (Å²) in [6.45, 7) is 1.18. The Bertz CT molecular complexity index is 699. The van der Waals surface area contributed by atoms with Gasteiger partial charge in [0.25, 0.3) is 5.91 Å². The van der Waals surface area contributed by atoms with Gasteiger partial charge in [-0.2, -0.15) is 0 Å². The van der Waals surface area contributed by atoms with Crippen molar-refractivity contribution in [2.75, 3.05) is 6.54 Å². The SMILES string of the molecule is Cl.NCc1ccc(C(=O)NCC2(c3cccc(Br)c3)CCC2)cc1. The topological polar surface area (TPSA) is 55.1 Å². The summed E-state index contributed by atoms with van der Waals surface area (Å²) in [5.41, 5.74) is 8.69. The van der Waals surface area contributed by atoms with Gasteiger partial charge >= 0.3 is 0 Å². The molecule has 3 N–H and O–H groups in total. The highest BCUT2D eigenvalue weighted by molar-refractivity contribution is 9.10. The molecule has 24 heavy (non-hydrogen) atoms. The van der Waals surface area contributed by atoms with Gasteiger partial charge in [-0.15, -0.1) is 12.4 Å². The van der Waals surface area contributed by atoms with Crippen molar-refractivity contribution >= 4 is 34.2 Å². The van der Waals surface area contributed by atoms with E-state index in [-0.39, 0.29) is 23.7 Å². The van der Waals surface area contributed by atoms with E-state index in [1.807, 2.05) is 30.3 Å². The van der Waals surface area contributed by atoms with E-state index in [1.54, 1.807) is 0 Å². The fraction of sp³-hybridized carbons (Fsp3) is 0.316. The normalized spacial score (nSPS) is 15.1. The van der Waals surface area contributed by atoms with Crippen LogP contribution < -0.4 is 11.1 Å². The maximum absolute atomic E-state index is 12.4. The van der Waals surface area contributed by atoms with E-state index in [1.165, 1.54) is 12.0 Å². The molecule has 2 aromatic carbocycles. The summed E-state index contributed by atoms with van der Waals surface area (Å²) in [5.74, 6) is -0.0187. The molecule has 0 bridgehead atoms. The van der Waals surface area contributed by atoms with Crippen molar-refractivity contribution in [1.29, 1.82) is 0 Å². The molecule has 1 fully saturated rings.